The van der Waals surface area contributed by atoms with Crippen LogP contribution < -0.4 is 16.1 Å². The average Bonchev–Trinajstić information content (AvgIpc) is 2.63. The fraction of sp³-hybridized carbons (Fsp3) is 0.688. The highest BCUT2D eigenvalue weighted by Crippen LogP contribution is 2.23. The van der Waals surface area contributed by atoms with E-state index in [0.717, 1.165) is 24.0 Å². The number of amides is 1. The SMILES string of the molecule is Cn1c(N2CCC[C@H](C(=O)N3CCOCC3)C2)cc(=O)n(C)c1=O. The second kappa shape index (κ2) is 6.80. The van der Waals surface area contributed by atoms with Gasteiger partial charge in [0.2, 0.25) is 5.91 Å². The molecule has 2 aliphatic rings. The van der Waals surface area contributed by atoms with Gasteiger partial charge in [-0.1, -0.05) is 0 Å². The molecule has 0 radical (unpaired) electrons. The number of nitrogens with zero attached hydrogens (tertiary/aromatic N) is 4. The van der Waals surface area contributed by atoms with Crippen LogP contribution in [0.3, 0.4) is 0 Å². The Morgan fingerprint density at radius 2 is 1.83 bits per heavy atom. The van der Waals surface area contributed by atoms with Gasteiger partial charge in [0.25, 0.3) is 5.56 Å². The molecular weight excluding hydrogens is 312 g/mol. The van der Waals surface area contributed by atoms with E-state index in [1.807, 2.05) is 9.80 Å². The van der Waals surface area contributed by atoms with Gasteiger partial charge in [-0.3, -0.25) is 18.7 Å². The van der Waals surface area contributed by atoms with Gasteiger partial charge < -0.3 is 14.5 Å². The maximum absolute atomic E-state index is 12.7. The zero-order chi connectivity index (χ0) is 17.3. The van der Waals surface area contributed by atoms with Crippen LogP contribution in [0.5, 0.6) is 0 Å². The third-order valence-electron chi connectivity index (χ3n) is 4.92. The Hall–Kier alpha value is -2.09. The molecule has 1 amide bonds. The smallest absolute Gasteiger partial charge is 0.332 e. The predicted molar refractivity (Wildman–Crippen MR) is 89.3 cm³/mol. The number of aromatic nitrogens is 2. The molecule has 0 N–H and O–H groups in total. The Labute approximate surface area is 140 Å². The highest BCUT2D eigenvalue weighted by Gasteiger charge is 2.31. The monoisotopic (exact) mass is 336 g/mol. The molecule has 8 nitrogen and oxygen atoms in total. The summed E-state index contributed by atoms with van der Waals surface area (Å²) >= 11 is 0. The summed E-state index contributed by atoms with van der Waals surface area (Å²) < 4.78 is 7.86. The first-order valence-corrected chi connectivity index (χ1v) is 8.37. The van der Waals surface area contributed by atoms with Crippen LogP contribution in [-0.2, 0) is 23.6 Å². The van der Waals surface area contributed by atoms with Crippen LogP contribution >= 0.6 is 0 Å². The van der Waals surface area contributed by atoms with Crippen molar-refractivity contribution in [2.45, 2.75) is 12.8 Å². The van der Waals surface area contributed by atoms with Crippen LogP contribution in [0.25, 0.3) is 0 Å². The zero-order valence-corrected chi connectivity index (χ0v) is 14.2. The van der Waals surface area contributed by atoms with E-state index in [4.69, 9.17) is 4.74 Å². The first-order valence-electron chi connectivity index (χ1n) is 8.37. The largest absolute Gasteiger partial charge is 0.378 e. The summed E-state index contributed by atoms with van der Waals surface area (Å²) in [7, 11) is 3.12. The fourth-order valence-electron chi connectivity index (χ4n) is 3.45. The Balaban J connectivity index is 1.80. The van der Waals surface area contributed by atoms with E-state index in [0.29, 0.717) is 38.7 Å². The summed E-state index contributed by atoms with van der Waals surface area (Å²) in [6, 6.07) is 1.48. The number of carbonyl (C=O) groups excluding carboxylic acids is 1. The first kappa shape index (κ1) is 16.8. The minimum absolute atomic E-state index is 0.101. The molecule has 2 fully saturated rings. The van der Waals surface area contributed by atoms with Gasteiger partial charge >= 0.3 is 5.69 Å². The lowest BCUT2D eigenvalue weighted by Crippen LogP contribution is -2.49. The number of piperidine rings is 1. The molecule has 1 atom stereocenters. The maximum Gasteiger partial charge on any atom is 0.332 e. The van der Waals surface area contributed by atoms with Crippen LogP contribution in [0.15, 0.2) is 15.7 Å². The van der Waals surface area contributed by atoms with Crippen molar-refractivity contribution in [2.75, 3.05) is 44.3 Å². The van der Waals surface area contributed by atoms with Gasteiger partial charge in [0.05, 0.1) is 19.1 Å². The molecule has 0 aliphatic carbocycles. The Bertz CT molecular complexity index is 733. The molecule has 1 aromatic rings. The molecule has 0 saturated carbocycles. The molecule has 0 unspecified atom stereocenters. The average molecular weight is 336 g/mol. The van der Waals surface area contributed by atoms with Gasteiger partial charge in [-0.05, 0) is 12.8 Å². The second-order valence-electron chi connectivity index (χ2n) is 6.46. The molecule has 24 heavy (non-hydrogen) atoms. The number of anilines is 1. The topological polar surface area (TPSA) is 76.8 Å². The lowest BCUT2D eigenvalue weighted by Gasteiger charge is -2.37. The standard InChI is InChI=1S/C16H24N4O4/c1-17-13(10-14(21)18(2)16(17)23)20-5-3-4-12(11-20)15(22)19-6-8-24-9-7-19/h10,12H,3-9,11H2,1-2H3/t12-/m0/s1. The van der Waals surface area contributed by atoms with E-state index >= 15 is 0 Å². The minimum Gasteiger partial charge on any atom is -0.378 e. The summed E-state index contributed by atoms with van der Waals surface area (Å²) in [4.78, 5) is 40.6. The Morgan fingerprint density at radius 3 is 2.54 bits per heavy atom. The summed E-state index contributed by atoms with van der Waals surface area (Å²) in [6.45, 7) is 3.74. The van der Waals surface area contributed by atoms with Crippen molar-refractivity contribution in [3.8, 4) is 0 Å². The van der Waals surface area contributed by atoms with Crippen molar-refractivity contribution in [3.05, 3.63) is 26.9 Å². The van der Waals surface area contributed by atoms with Crippen molar-refractivity contribution >= 4 is 11.7 Å². The molecule has 0 bridgehead atoms. The molecule has 2 saturated heterocycles. The minimum atomic E-state index is -0.348. The van der Waals surface area contributed by atoms with Crippen LogP contribution in [0.4, 0.5) is 5.82 Å². The van der Waals surface area contributed by atoms with Gasteiger partial charge in [-0.15, -0.1) is 0 Å². The highest BCUT2D eigenvalue weighted by atomic mass is 16.5. The number of hydrogen-bond donors (Lipinski definition) is 0. The summed E-state index contributed by atoms with van der Waals surface area (Å²) in [5.74, 6) is 0.635. The summed E-state index contributed by atoms with van der Waals surface area (Å²) in [6.07, 6.45) is 1.70. The van der Waals surface area contributed by atoms with Crippen LogP contribution in [0.2, 0.25) is 0 Å². The van der Waals surface area contributed by atoms with Gasteiger partial charge in [0, 0.05) is 46.3 Å². The molecule has 0 aromatic carbocycles. The van der Waals surface area contributed by atoms with Crippen molar-refractivity contribution in [1.29, 1.82) is 0 Å². The molecule has 3 heterocycles. The maximum atomic E-state index is 12.7. The fourth-order valence-corrected chi connectivity index (χ4v) is 3.45. The normalized spacial score (nSPS) is 21.8. The molecule has 3 rings (SSSR count). The summed E-state index contributed by atoms with van der Waals surface area (Å²) in [5.41, 5.74) is -0.672. The number of ether oxygens (including phenoxy) is 1. The molecule has 2 aliphatic heterocycles. The van der Waals surface area contributed by atoms with E-state index in [-0.39, 0.29) is 23.1 Å². The lowest BCUT2D eigenvalue weighted by molar-refractivity contribution is -0.139. The van der Waals surface area contributed by atoms with Gasteiger partial charge in [-0.2, -0.15) is 0 Å². The van der Waals surface area contributed by atoms with Crippen molar-refractivity contribution in [2.24, 2.45) is 20.0 Å². The van der Waals surface area contributed by atoms with Crippen molar-refractivity contribution in [3.63, 3.8) is 0 Å². The van der Waals surface area contributed by atoms with E-state index in [9.17, 15) is 14.4 Å². The quantitative estimate of drug-likeness (QED) is 0.704. The molecule has 8 heteroatoms. The Kier molecular flexibility index (Phi) is 4.75. The Morgan fingerprint density at radius 1 is 1.12 bits per heavy atom. The summed E-state index contributed by atoms with van der Waals surface area (Å²) in [5, 5.41) is 0. The van der Waals surface area contributed by atoms with Crippen molar-refractivity contribution in [1.82, 2.24) is 14.0 Å². The predicted octanol–water partition coefficient (Wildman–Crippen LogP) is -0.841. The van der Waals surface area contributed by atoms with Gasteiger partial charge in [-0.25, -0.2) is 4.79 Å². The molecule has 132 valence electrons. The van der Waals surface area contributed by atoms with Crippen LogP contribution in [0.1, 0.15) is 12.8 Å². The first-order chi connectivity index (χ1) is 11.5. The van der Waals surface area contributed by atoms with Gasteiger partial charge in [0.1, 0.15) is 5.82 Å². The third-order valence-corrected chi connectivity index (χ3v) is 4.92. The third kappa shape index (κ3) is 3.10. The molecule has 0 spiro atoms. The van der Waals surface area contributed by atoms with E-state index < -0.39 is 0 Å². The number of carbonyl (C=O) groups is 1. The number of rotatable bonds is 2. The zero-order valence-electron chi connectivity index (χ0n) is 14.2. The van der Waals surface area contributed by atoms with Gasteiger partial charge in [0.15, 0.2) is 0 Å². The van der Waals surface area contributed by atoms with Crippen molar-refractivity contribution < 1.29 is 9.53 Å². The van der Waals surface area contributed by atoms with Crippen LogP contribution in [-0.4, -0.2) is 59.3 Å². The lowest BCUT2D eigenvalue weighted by atomic mass is 9.96. The van der Waals surface area contributed by atoms with E-state index in [1.54, 1.807) is 7.05 Å². The number of morpholine rings is 1. The number of hydrogen-bond acceptors (Lipinski definition) is 5. The van der Waals surface area contributed by atoms with E-state index in [1.165, 1.54) is 17.7 Å². The molecular formula is C16H24N4O4. The highest BCUT2D eigenvalue weighted by molar-refractivity contribution is 5.79. The van der Waals surface area contributed by atoms with Crippen LogP contribution in [0, 0.1) is 5.92 Å². The van der Waals surface area contributed by atoms with E-state index in [2.05, 4.69) is 0 Å². The second-order valence-corrected chi connectivity index (χ2v) is 6.46. The molecule has 1 aromatic heterocycles.